The zero-order chi connectivity index (χ0) is 19.6. The van der Waals surface area contributed by atoms with Gasteiger partial charge in [0.2, 0.25) is 0 Å². The number of nitrogens with zero attached hydrogens (tertiary/aromatic N) is 1. The minimum absolute atomic E-state index is 0.0971. The van der Waals surface area contributed by atoms with Crippen LogP contribution in [0.1, 0.15) is 40.5 Å². The monoisotopic (exact) mass is 376 g/mol. The highest BCUT2D eigenvalue weighted by molar-refractivity contribution is 6.05. The number of carbonyl (C=O) groups is 2. The van der Waals surface area contributed by atoms with E-state index in [9.17, 15) is 22.8 Å². The Morgan fingerprint density at radius 1 is 1.00 bits per heavy atom. The molecule has 0 bridgehead atoms. The van der Waals surface area contributed by atoms with Crippen molar-refractivity contribution in [3.63, 3.8) is 0 Å². The lowest BCUT2D eigenvalue weighted by molar-refractivity contribution is 0.0682. The molecule has 1 heterocycles. The minimum Gasteiger partial charge on any atom is -0.338 e. The van der Waals surface area contributed by atoms with Gasteiger partial charge in [-0.2, -0.15) is 0 Å². The molecule has 1 fully saturated rings. The maximum absolute atomic E-state index is 13.7. The summed E-state index contributed by atoms with van der Waals surface area (Å²) in [5.74, 6) is -4.77. The molecule has 0 aromatic heterocycles. The first kappa shape index (κ1) is 18.9. The Kier molecular flexibility index (Phi) is 5.48. The van der Waals surface area contributed by atoms with Crippen molar-refractivity contribution >= 4 is 17.5 Å². The highest BCUT2D eigenvalue weighted by Gasteiger charge is 2.22. The lowest BCUT2D eigenvalue weighted by atomic mass is 9.99. The van der Waals surface area contributed by atoms with Crippen molar-refractivity contribution in [2.45, 2.75) is 19.8 Å². The molecular formula is C20H19F3N2O2. The van der Waals surface area contributed by atoms with E-state index in [0.29, 0.717) is 24.6 Å². The van der Waals surface area contributed by atoms with E-state index in [1.54, 1.807) is 4.90 Å². The van der Waals surface area contributed by atoms with Crippen LogP contribution in [0.2, 0.25) is 0 Å². The van der Waals surface area contributed by atoms with Gasteiger partial charge in [-0.05, 0) is 55.2 Å². The Bertz CT molecular complexity index is 868. The predicted octanol–water partition coefficient (Wildman–Crippen LogP) is 4.23. The van der Waals surface area contributed by atoms with Gasteiger partial charge in [0.25, 0.3) is 11.8 Å². The van der Waals surface area contributed by atoms with Gasteiger partial charge in [0.15, 0.2) is 17.5 Å². The van der Waals surface area contributed by atoms with Crippen LogP contribution >= 0.6 is 0 Å². The summed E-state index contributed by atoms with van der Waals surface area (Å²) >= 11 is 0. The van der Waals surface area contributed by atoms with Crippen molar-refractivity contribution in [3.8, 4) is 0 Å². The molecule has 4 nitrogen and oxygen atoms in total. The molecule has 7 heteroatoms. The lowest BCUT2D eigenvalue weighted by Crippen LogP contribution is -2.39. The second kappa shape index (κ2) is 7.82. The van der Waals surface area contributed by atoms with Gasteiger partial charge in [-0.1, -0.05) is 6.92 Å². The molecule has 1 aliphatic heterocycles. The van der Waals surface area contributed by atoms with Crippen LogP contribution in [-0.4, -0.2) is 29.8 Å². The van der Waals surface area contributed by atoms with Gasteiger partial charge >= 0.3 is 0 Å². The molecule has 0 spiro atoms. The number of hydrogen-bond acceptors (Lipinski definition) is 2. The fraction of sp³-hybridized carbons (Fsp3) is 0.300. The van der Waals surface area contributed by atoms with Gasteiger partial charge in [0.05, 0.1) is 5.69 Å². The van der Waals surface area contributed by atoms with E-state index < -0.39 is 29.0 Å². The molecular weight excluding hydrogens is 357 g/mol. The number of halogens is 3. The van der Waals surface area contributed by atoms with Crippen LogP contribution in [0, 0.1) is 23.4 Å². The summed E-state index contributed by atoms with van der Waals surface area (Å²) in [4.78, 5) is 26.5. The molecule has 2 aromatic rings. The summed E-state index contributed by atoms with van der Waals surface area (Å²) in [7, 11) is 0. The van der Waals surface area contributed by atoms with Crippen LogP contribution in [0.5, 0.6) is 0 Å². The van der Waals surface area contributed by atoms with Gasteiger partial charge < -0.3 is 10.2 Å². The van der Waals surface area contributed by atoms with Crippen molar-refractivity contribution in [2.24, 2.45) is 5.92 Å². The Balaban J connectivity index is 1.70. The summed E-state index contributed by atoms with van der Waals surface area (Å²) in [6.45, 7) is 3.52. The second-order valence-electron chi connectivity index (χ2n) is 6.75. The molecule has 0 aliphatic carbocycles. The number of carbonyl (C=O) groups excluding carboxylic acids is 2. The number of anilines is 1. The molecule has 3 rings (SSSR count). The van der Waals surface area contributed by atoms with Crippen molar-refractivity contribution in [1.82, 2.24) is 4.90 Å². The predicted molar refractivity (Wildman–Crippen MR) is 95.0 cm³/mol. The number of rotatable bonds is 3. The number of amides is 2. The Morgan fingerprint density at radius 2 is 1.67 bits per heavy atom. The highest BCUT2D eigenvalue weighted by atomic mass is 19.2. The summed E-state index contributed by atoms with van der Waals surface area (Å²) in [5, 5.41) is 2.20. The average Bonchev–Trinajstić information content (AvgIpc) is 2.68. The van der Waals surface area contributed by atoms with Crippen molar-refractivity contribution in [2.75, 3.05) is 18.4 Å². The van der Waals surface area contributed by atoms with Crippen LogP contribution < -0.4 is 5.32 Å². The summed E-state index contributed by atoms with van der Waals surface area (Å²) < 4.78 is 39.9. The van der Waals surface area contributed by atoms with E-state index in [2.05, 4.69) is 12.2 Å². The van der Waals surface area contributed by atoms with Crippen LogP contribution in [0.3, 0.4) is 0 Å². The van der Waals surface area contributed by atoms with Gasteiger partial charge in [-0.15, -0.1) is 0 Å². The molecule has 1 aliphatic rings. The zero-order valence-electron chi connectivity index (χ0n) is 14.8. The van der Waals surface area contributed by atoms with Crippen LogP contribution in [0.4, 0.5) is 18.9 Å². The molecule has 1 unspecified atom stereocenters. The van der Waals surface area contributed by atoms with Crippen molar-refractivity contribution < 1.29 is 22.8 Å². The first-order valence-corrected chi connectivity index (χ1v) is 8.71. The first-order valence-electron chi connectivity index (χ1n) is 8.71. The average molecular weight is 376 g/mol. The van der Waals surface area contributed by atoms with E-state index >= 15 is 0 Å². The van der Waals surface area contributed by atoms with Crippen LogP contribution in [-0.2, 0) is 0 Å². The Labute approximate surface area is 155 Å². The first-order chi connectivity index (χ1) is 12.9. The summed E-state index contributed by atoms with van der Waals surface area (Å²) in [5.41, 5.74) is 0.170. The Morgan fingerprint density at radius 3 is 2.33 bits per heavy atom. The number of piperidine rings is 1. The molecule has 2 amide bonds. The number of likely N-dealkylation sites (tertiary alicyclic amines) is 1. The maximum atomic E-state index is 13.7. The molecule has 1 N–H and O–H groups in total. The van der Waals surface area contributed by atoms with Gasteiger partial charge in [0.1, 0.15) is 0 Å². The van der Waals surface area contributed by atoms with Crippen LogP contribution in [0.25, 0.3) is 0 Å². The third kappa shape index (κ3) is 4.13. The SMILES string of the molecule is CC1CCCN(C(=O)c2ccc(C(=O)Nc3ccc(F)c(F)c3F)cc2)C1. The maximum Gasteiger partial charge on any atom is 0.255 e. The quantitative estimate of drug-likeness (QED) is 0.815. The highest BCUT2D eigenvalue weighted by Crippen LogP contribution is 2.21. The standard InChI is InChI=1S/C20H19F3N2O2/c1-12-3-2-10-25(11-12)20(27)14-6-4-13(5-7-14)19(26)24-16-9-8-15(21)17(22)18(16)23/h4-9,12H,2-3,10-11H2,1H3,(H,24,26). The molecule has 2 aromatic carbocycles. The van der Waals surface area contributed by atoms with Crippen molar-refractivity contribution in [1.29, 1.82) is 0 Å². The Hall–Kier alpha value is -2.83. The molecule has 27 heavy (non-hydrogen) atoms. The normalized spacial score (nSPS) is 16.9. The van der Waals surface area contributed by atoms with E-state index in [1.807, 2.05) is 0 Å². The van der Waals surface area contributed by atoms with E-state index in [1.165, 1.54) is 24.3 Å². The summed E-state index contributed by atoms with van der Waals surface area (Å²) in [6, 6.07) is 7.61. The number of hydrogen-bond donors (Lipinski definition) is 1. The topological polar surface area (TPSA) is 49.4 Å². The molecule has 142 valence electrons. The fourth-order valence-corrected chi connectivity index (χ4v) is 3.14. The summed E-state index contributed by atoms with van der Waals surface area (Å²) in [6.07, 6.45) is 2.07. The number of nitrogens with one attached hydrogen (secondary N) is 1. The number of benzene rings is 2. The van der Waals surface area contributed by atoms with E-state index in [0.717, 1.165) is 25.0 Å². The molecule has 0 saturated carbocycles. The third-order valence-corrected chi connectivity index (χ3v) is 4.62. The fourth-order valence-electron chi connectivity index (χ4n) is 3.14. The zero-order valence-corrected chi connectivity index (χ0v) is 14.8. The van der Waals surface area contributed by atoms with Gasteiger partial charge in [0, 0.05) is 24.2 Å². The third-order valence-electron chi connectivity index (χ3n) is 4.62. The molecule has 0 radical (unpaired) electrons. The van der Waals surface area contributed by atoms with E-state index in [4.69, 9.17) is 0 Å². The molecule has 1 atom stereocenters. The van der Waals surface area contributed by atoms with Gasteiger partial charge in [-0.3, -0.25) is 9.59 Å². The van der Waals surface area contributed by atoms with Crippen LogP contribution in [0.15, 0.2) is 36.4 Å². The van der Waals surface area contributed by atoms with E-state index in [-0.39, 0.29) is 11.5 Å². The largest absolute Gasteiger partial charge is 0.338 e. The minimum atomic E-state index is -1.65. The smallest absolute Gasteiger partial charge is 0.255 e. The lowest BCUT2D eigenvalue weighted by Gasteiger charge is -2.31. The van der Waals surface area contributed by atoms with Gasteiger partial charge in [-0.25, -0.2) is 13.2 Å². The second-order valence-corrected chi connectivity index (χ2v) is 6.75. The molecule has 1 saturated heterocycles. The van der Waals surface area contributed by atoms with Crippen molar-refractivity contribution in [3.05, 3.63) is 65.0 Å².